The summed E-state index contributed by atoms with van der Waals surface area (Å²) in [5.74, 6) is 0.285. The lowest BCUT2D eigenvalue weighted by molar-refractivity contribution is 0.103. The van der Waals surface area contributed by atoms with Crippen LogP contribution in [0.25, 0.3) is 0 Å². The van der Waals surface area contributed by atoms with Gasteiger partial charge in [0.1, 0.15) is 5.75 Å². The first kappa shape index (κ1) is 18.3. The molecule has 0 saturated carbocycles. The summed E-state index contributed by atoms with van der Waals surface area (Å²) in [6.07, 6.45) is 7.27. The molecule has 0 aliphatic heterocycles. The molecule has 2 aromatic carbocycles. The summed E-state index contributed by atoms with van der Waals surface area (Å²) in [5, 5.41) is 10.6. The summed E-state index contributed by atoms with van der Waals surface area (Å²) in [6, 6.07) is 14.7. The second kappa shape index (κ2) is 9.27. The van der Waals surface area contributed by atoms with Crippen molar-refractivity contribution in [3.05, 3.63) is 65.2 Å². The predicted molar refractivity (Wildman–Crippen MR) is 99.8 cm³/mol. The maximum absolute atomic E-state index is 12.6. The van der Waals surface area contributed by atoms with Crippen LogP contribution in [0.5, 0.6) is 5.75 Å². The first-order valence-corrected chi connectivity index (χ1v) is 9.06. The molecule has 0 aromatic heterocycles. The van der Waals surface area contributed by atoms with Crippen molar-refractivity contribution in [3.8, 4) is 5.75 Å². The van der Waals surface area contributed by atoms with Crippen molar-refractivity contribution >= 4 is 5.78 Å². The third-order valence-electron chi connectivity index (χ3n) is 4.62. The number of unbranched alkanes of at least 4 members (excludes halogenated alkanes) is 4. The minimum absolute atomic E-state index is 0.120. The minimum atomic E-state index is -0.120. The third kappa shape index (κ3) is 4.70. The van der Waals surface area contributed by atoms with Crippen molar-refractivity contribution in [1.82, 2.24) is 0 Å². The highest BCUT2D eigenvalue weighted by molar-refractivity contribution is 6.10. The number of hydrogen-bond donors (Lipinski definition) is 1. The zero-order chi connectivity index (χ0) is 17.4. The smallest absolute Gasteiger partial charge is 0.196 e. The molecule has 1 N–H and O–H groups in total. The van der Waals surface area contributed by atoms with Gasteiger partial charge in [0.05, 0.1) is 5.56 Å². The number of para-hydroxylation sites is 1. The van der Waals surface area contributed by atoms with Crippen LogP contribution in [0.2, 0.25) is 0 Å². The van der Waals surface area contributed by atoms with Crippen LogP contribution < -0.4 is 0 Å². The number of phenolic OH excluding ortho intramolecular Hbond substituents is 1. The molecule has 0 fully saturated rings. The summed E-state index contributed by atoms with van der Waals surface area (Å²) < 4.78 is 0. The summed E-state index contributed by atoms with van der Waals surface area (Å²) in [5.41, 5.74) is 1.89. The Morgan fingerprint density at radius 3 is 2.38 bits per heavy atom. The van der Waals surface area contributed by atoms with Gasteiger partial charge in [0, 0.05) is 5.56 Å². The van der Waals surface area contributed by atoms with Gasteiger partial charge in [-0.15, -0.1) is 0 Å². The van der Waals surface area contributed by atoms with E-state index in [2.05, 4.69) is 13.8 Å². The molecule has 128 valence electrons. The Balaban J connectivity index is 2.08. The molecule has 1 unspecified atom stereocenters. The number of benzene rings is 2. The van der Waals surface area contributed by atoms with E-state index >= 15 is 0 Å². The van der Waals surface area contributed by atoms with Gasteiger partial charge in [0.2, 0.25) is 0 Å². The van der Waals surface area contributed by atoms with E-state index in [1.165, 1.54) is 25.7 Å². The van der Waals surface area contributed by atoms with Gasteiger partial charge in [-0.2, -0.15) is 0 Å². The second-order valence-electron chi connectivity index (χ2n) is 6.54. The molecule has 0 spiro atoms. The molecular formula is C22H28O2. The first-order chi connectivity index (χ1) is 11.6. The average Bonchev–Trinajstić information content (AvgIpc) is 2.61. The van der Waals surface area contributed by atoms with Crippen LogP contribution in [0.15, 0.2) is 48.5 Å². The number of carbonyl (C=O) groups excluding carboxylic acids is 1. The van der Waals surface area contributed by atoms with E-state index in [-0.39, 0.29) is 17.5 Å². The quantitative estimate of drug-likeness (QED) is 0.448. The van der Waals surface area contributed by atoms with E-state index in [1.54, 1.807) is 18.2 Å². The highest BCUT2D eigenvalue weighted by atomic mass is 16.3. The molecule has 0 radical (unpaired) electrons. The van der Waals surface area contributed by atoms with Crippen molar-refractivity contribution in [3.63, 3.8) is 0 Å². The molecule has 0 aliphatic carbocycles. The Labute approximate surface area is 145 Å². The van der Waals surface area contributed by atoms with E-state index in [4.69, 9.17) is 0 Å². The fourth-order valence-electron chi connectivity index (χ4n) is 3.10. The Morgan fingerprint density at radius 2 is 1.67 bits per heavy atom. The standard InChI is InChI=1S/C22H28O2/c1-3-4-5-6-8-12-17(2)19-15-11-16-20(22(19)24)21(23)18-13-9-7-10-14-18/h7,9-11,13-17,24H,3-6,8,12H2,1-2H3. The zero-order valence-corrected chi connectivity index (χ0v) is 14.8. The lowest BCUT2D eigenvalue weighted by Crippen LogP contribution is -2.04. The van der Waals surface area contributed by atoms with Crippen LogP contribution in [0, 0.1) is 0 Å². The lowest BCUT2D eigenvalue weighted by Gasteiger charge is -2.15. The maximum atomic E-state index is 12.6. The SMILES string of the molecule is CCCCCCCC(C)c1cccc(C(=O)c2ccccc2)c1O. The van der Waals surface area contributed by atoms with Crippen LogP contribution in [0.4, 0.5) is 0 Å². The van der Waals surface area contributed by atoms with Crippen molar-refractivity contribution in [2.45, 2.75) is 58.3 Å². The Bertz CT molecular complexity index is 646. The molecule has 2 nitrogen and oxygen atoms in total. The van der Waals surface area contributed by atoms with Crippen LogP contribution in [-0.2, 0) is 0 Å². The van der Waals surface area contributed by atoms with Gasteiger partial charge in [-0.25, -0.2) is 0 Å². The highest BCUT2D eigenvalue weighted by Crippen LogP contribution is 2.33. The Kier molecular flexibility index (Phi) is 7.05. The molecule has 0 aliphatic rings. The molecular weight excluding hydrogens is 296 g/mol. The summed E-state index contributed by atoms with van der Waals surface area (Å²) >= 11 is 0. The Hall–Kier alpha value is -2.09. The average molecular weight is 324 g/mol. The number of phenols is 1. The van der Waals surface area contributed by atoms with Crippen LogP contribution in [0.1, 0.15) is 79.8 Å². The topological polar surface area (TPSA) is 37.3 Å². The monoisotopic (exact) mass is 324 g/mol. The van der Waals surface area contributed by atoms with E-state index in [1.807, 2.05) is 30.3 Å². The number of hydrogen-bond acceptors (Lipinski definition) is 2. The van der Waals surface area contributed by atoms with Crippen LogP contribution in [0.3, 0.4) is 0 Å². The van der Waals surface area contributed by atoms with Crippen molar-refractivity contribution in [1.29, 1.82) is 0 Å². The highest BCUT2D eigenvalue weighted by Gasteiger charge is 2.18. The van der Waals surface area contributed by atoms with Crippen molar-refractivity contribution < 1.29 is 9.90 Å². The largest absolute Gasteiger partial charge is 0.507 e. The summed E-state index contributed by atoms with van der Waals surface area (Å²) in [4.78, 5) is 12.6. The molecule has 0 heterocycles. The molecule has 1 atom stereocenters. The van der Waals surface area contributed by atoms with Gasteiger partial charge in [-0.05, 0) is 24.0 Å². The van der Waals surface area contributed by atoms with Crippen LogP contribution >= 0.6 is 0 Å². The number of rotatable bonds is 9. The number of carbonyl (C=O) groups is 1. The normalized spacial score (nSPS) is 12.1. The molecule has 2 heteroatoms. The lowest BCUT2D eigenvalue weighted by atomic mass is 9.90. The van der Waals surface area contributed by atoms with Crippen molar-refractivity contribution in [2.75, 3.05) is 0 Å². The van der Waals surface area contributed by atoms with Gasteiger partial charge in [-0.1, -0.05) is 88.4 Å². The maximum Gasteiger partial charge on any atom is 0.196 e. The van der Waals surface area contributed by atoms with E-state index < -0.39 is 0 Å². The van der Waals surface area contributed by atoms with Gasteiger partial charge in [0.25, 0.3) is 0 Å². The van der Waals surface area contributed by atoms with Gasteiger partial charge in [-0.3, -0.25) is 4.79 Å². The predicted octanol–water partition coefficient (Wildman–Crippen LogP) is 6.09. The Morgan fingerprint density at radius 1 is 0.958 bits per heavy atom. The minimum Gasteiger partial charge on any atom is -0.507 e. The van der Waals surface area contributed by atoms with Gasteiger partial charge in [0.15, 0.2) is 5.78 Å². The van der Waals surface area contributed by atoms with Crippen molar-refractivity contribution in [2.24, 2.45) is 0 Å². The van der Waals surface area contributed by atoms with Gasteiger partial charge >= 0.3 is 0 Å². The number of ketones is 1. The molecule has 24 heavy (non-hydrogen) atoms. The molecule has 0 saturated heterocycles. The molecule has 0 amide bonds. The third-order valence-corrected chi connectivity index (χ3v) is 4.62. The fourth-order valence-corrected chi connectivity index (χ4v) is 3.10. The fraction of sp³-hybridized carbons (Fsp3) is 0.409. The molecule has 0 bridgehead atoms. The van der Waals surface area contributed by atoms with E-state index in [0.717, 1.165) is 18.4 Å². The summed E-state index contributed by atoms with van der Waals surface area (Å²) in [7, 11) is 0. The van der Waals surface area contributed by atoms with E-state index in [9.17, 15) is 9.90 Å². The second-order valence-corrected chi connectivity index (χ2v) is 6.54. The zero-order valence-electron chi connectivity index (χ0n) is 14.8. The van der Waals surface area contributed by atoms with Gasteiger partial charge < -0.3 is 5.11 Å². The number of aromatic hydroxyl groups is 1. The van der Waals surface area contributed by atoms with E-state index in [0.29, 0.717) is 11.1 Å². The first-order valence-electron chi connectivity index (χ1n) is 9.06. The van der Waals surface area contributed by atoms with Crippen LogP contribution in [-0.4, -0.2) is 10.9 Å². The molecule has 2 aromatic rings. The summed E-state index contributed by atoms with van der Waals surface area (Å²) in [6.45, 7) is 4.35. The molecule has 2 rings (SSSR count).